The van der Waals surface area contributed by atoms with Gasteiger partial charge in [-0.05, 0) is 30.3 Å². The summed E-state index contributed by atoms with van der Waals surface area (Å²) in [6.45, 7) is -0.381. The fourth-order valence-electron chi connectivity index (χ4n) is 2.70. The maximum atomic E-state index is 12.1. The summed E-state index contributed by atoms with van der Waals surface area (Å²) < 4.78 is 10.5. The van der Waals surface area contributed by atoms with E-state index < -0.39 is 11.8 Å². The van der Waals surface area contributed by atoms with Crippen LogP contribution in [0.5, 0.6) is 0 Å². The lowest BCUT2D eigenvalue weighted by atomic mass is 10.2. The van der Waals surface area contributed by atoms with Gasteiger partial charge in [0.1, 0.15) is 5.58 Å². The number of ether oxygens (including phenoxy) is 1. The van der Waals surface area contributed by atoms with Crippen LogP contribution in [0, 0.1) is 0 Å². The predicted molar refractivity (Wildman–Crippen MR) is 102 cm³/mol. The lowest BCUT2D eigenvalue weighted by Crippen LogP contribution is -2.11. The first-order chi connectivity index (χ1) is 13.2. The van der Waals surface area contributed by atoms with Gasteiger partial charge in [-0.2, -0.15) is 0 Å². The summed E-state index contributed by atoms with van der Waals surface area (Å²) in [6.07, 6.45) is 2.81. The van der Waals surface area contributed by atoms with Crippen LogP contribution in [-0.2, 0) is 9.53 Å². The number of ketones is 1. The topological polar surface area (TPSA) is 69.4 Å². The smallest absolute Gasteiger partial charge is 0.331 e. The molecule has 0 aliphatic carbocycles. The number of fused-ring (bicyclic) bond motifs is 2. The van der Waals surface area contributed by atoms with E-state index in [9.17, 15) is 9.59 Å². The van der Waals surface area contributed by atoms with Crippen molar-refractivity contribution in [3.8, 4) is 0 Å². The number of pyridine rings is 1. The van der Waals surface area contributed by atoms with Crippen LogP contribution in [-0.4, -0.2) is 23.3 Å². The van der Waals surface area contributed by atoms with Gasteiger partial charge in [0.05, 0.1) is 11.2 Å². The molecule has 2 heterocycles. The average molecular weight is 357 g/mol. The zero-order valence-corrected chi connectivity index (χ0v) is 14.3. The second-order valence-electron chi connectivity index (χ2n) is 5.94. The first-order valence-electron chi connectivity index (χ1n) is 8.41. The maximum Gasteiger partial charge on any atom is 0.331 e. The van der Waals surface area contributed by atoms with Gasteiger partial charge in [-0.3, -0.25) is 4.79 Å². The average Bonchev–Trinajstić information content (AvgIpc) is 3.14. The molecule has 0 aliphatic heterocycles. The van der Waals surface area contributed by atoms with Crippen molar-refractivity contribution in [2.24, 2.45) is 0 Å². The summed E-state index contributed by atoms with van der Waals surface area (Å²) in [7, 11) is 0. The highest BCUT2D eigenvalue weighted by molar-refractivity contribution is 5.99. The number of hydrogen-bond donors (Lipinski definition) is 0. The number of carbonyl (C=O) groups excluding carboxylic acids is 2. The van der Waals surface area contributed by atoms with Crippen LogP contribution in [0.4, 0.5) is 0 Å². The minimum atomic E-state index is -0.616. The van der Waals surface area contributed by atoms with Crippen LogP contribution < -0.4 is 0 Å². The van der Waals surface area contributed by atoms with E-state index in [1.54, 1.807) is 18.2 Å². The molecule has 5 heteroatoms. The van der Waals surface area contributed by atoms with Crippen LogP contribution in [0.15, 0.2) is 77.2 Å². The summed E-state index contributed by atoms with van der Waals surface area (Å²) in [5.41, 5.74) is 2.09. The molecule has 0 fully saturated rings. The number of hydrogen-bond acceptors (Lipinski definition) is 5. The zero-order valence-electron chi connectivity index (χ0n) is 14.3. The molecular weight excluding hydrogens is 342 g/mol. The molecule has 0 aliphatic rings. The van der Waals surface area contributed by atoms with E-state index in [4.69, 9.17) is 9.15 Å². The van der Waals surface area contributed by atoms with Crippen molar-refractivity contribution in [2.45, 2.75) is 0 Å². The highest BCUT2D eigenvalue weighted by atomic mass is 16.5. The Kier molecular flexibility index (Phi) is 4.49. The Labute approximate surface area is 154 Å². The third kappa shape index (κ3) is 3.77. The molecular formula is C22H15NO4. The van der Waals surface area contributed by atoms with Gasteiger partial charge >= 0.3 is 5.97 Å². The van der Waals surface area contributed by atoms with E-state index in [-0.39, 0.29) is 12.4 Å². The fourth-order valence-corrected chi connectivity index (χ4v) is 2.70. The molecule has 0 atom stereocenters. The molecule has 2 aromatic carbocycles. The lowest BCUT2D eigenvalue weighted by molar-refractivity contribution is -0.136. The number of aromatic nitrogens is 1. The summed E-state index contributed by atoms with van der Waals surface area (Å²) in [4.78, 5) is 28.4. The van der Waals surface area contributed by atoms with Crippen LogP contribution >= 0.6 is 0 Å². The normalized spacial score (nSPS) is 11.3. The van der Waals surface area contributed by atoms with Gasteiger partial charge in [0, 0.05) is 16.8 Å². The molecule has 0 spiro atoms. The number of rotatable bonds is 5. The van der Waals surface area contributed by atoms with Crippen molar-refractivity contribution >= 4 is 39.7 Å². The summed E-state index contributed by atoms with van der Waals surface area (Å²) >= 11 is 0. The number of para-hydroxylation sites is 2. The molecule has 0 radical (unpaired) electrons. The van der Waals surface area contributed by atoms with Crippen LogP contribution in [0.1, 0.15) is 16.2 Å². The molecule has 0 N–H and O–H groups in total. The molecule has 0 saturated heterocycles. The first kappa shape index (κ1) is 16.7. The summed E-state index contributed by atoms with van der Waals surface area (Å²) in [5.74, 6) is -0.838. The highest BCUT2D eigenvalue weighted by Crippen LogP contribution is 2.19. The largest absolute Gasteiger partial charge is 0.454 e. The van der Waals surface area contributed by atoms with E-state index in [1.165, 1.54) is 6.08 Å². The van der Waals surface area contributed by atoms with Gasteiger partial charge in [0.2, 0.25) is 5.78 Å². The Balaban J connectivity index is 1.38. The molecule has 0 saturated carbocycles. The third-order valence-corrected chi connectivity index (χ3v) is 4.06. The van der Waals surface area contributed by atoms with Gasteiger partial charge in [0.15, 0.2) is 12.4 Å². The van der Waals surface area contributed by atoms with E-state index in [1.807, 2.05) is 54.6 Å². The number of esters is 1. The second kappa shape index (κ2) is 7.25. The Morgan fingerprint density at radius 2 is 1.74 bits per heavy atom. The number of nitrogens with zero attached hydrogens (tertiary/aromatic N) is 1. The Bertz CT molecular complexity index is 1140. The van der Waals surface area contributed by atoms with Crippen LogP contribution in [0.2, 0.25) is 0 Å². The number of Topliss-reactive ketones (excluding diaryl/α,β-unsaturated/α-hetero) is 1. The molecule has 0 bridgehead atoms. The number of benzene rings is 2. The Morgan fingerprint density at radius 1 is 0.963 bits per heavy atom. The van der Waals surface area contributed by atoms with E-state index in [2.05, 4.69) is 4.98 Å². The van der Waals surface area contributed by atoms with Crippen molar-refractivity contribution in [1.82, 2.24) is 4.98 Å². The predicted octanol–water partition coefficient (Wildman–Crippen LogP) is 4.42. The molecule has 2 aromatic heterocycles. The Morgan fingerprint density at radius 3 is 2.59 bits per heavy atom. The SMILES string of the molecule is O=C(/C=C/c1ccc2ccccc2n1)OCC(=O)c1cc2ccccc2o1. The van der Waals surface area contributed by atoms with Crippen molar-refractivity contribution < 1.29 is 18.7 Å². The molecule has 4 aromatic rings. The summed E-state index contributed by atoms with van der Waals surface area (Å²) in [6, 6.07) is 20.4. The van der Waals surface area contributed by atoms with E-state index in [0.717, 1.165) is 16.3 Å². The van der Waals surface area contributed by atoms with Crippen molar-refractivity contribution in [1.29, 1.82) is 0 Å². The first-order valence-corrected chi connectivity index (χ1v) is 8.41. The minimum absolute atomic E-state index is 0.171. The van der Waals surface area contributed by atoms with E-state index >= 15 is 0 Å². The maximum absolute atomic E-state index is 12.1. The summed E-state index contributed by atoms with van der Waals surface area (Å²) in [5, 5.41) is 1.85. The molecule has 5 nitrogen and oxygen atoms in total. The number of furan rings is 1. The van der Waals surface area contributed by atoms with Crippen LogP contribution in [0.25, 0.3) is 27.9 Å². The third-order valence-electron chi connectivity index (χ3n) is 4.06. The standard InChI is InChI=1S/C22H15NO4/c24-19(21-13-16-6-2-4-8-20(16)27-21)14-26-22(25)12-11-17-10-9-15-5-1-3-7-18(15)23-17/h1-13H,14H2/b12-11+. The van der Waals surface area contributed by atoms with Gasteiger partial charge in [-0.15, -0.1) is 0 Å². The van der Waals surface area contributed by atoms with Gasteiger partial charge in [0.25, 0.3) is 0 Å². The quantitative estimate of drug-likeness (QED) is 0.300. The fraction of sp³-hybridized carbons (Fsp3) is 0.0455. The molecule has 0 amide bonds. The molecule has 4 rings (SSSR count). The molecule has 132 valence electrons. The van der Waals surface area contributed by atoms with Gasteiger partial charge < -0.3 is 9.15 Å². The zero-order chi connectivity index (χ0) is 18.6. The highest BCUT2D eigenvalue weighted by Gasteiger charge is 2.13. The van der Waals surface area contributed by atoms with Gasteiger partial charge in [-0.1, -0.05) is 42.5 Å². The monoisotopic (exact) mass is 357 g/mol. The minimum Gasteiger partial charge on any atom is -0.454 e. The van der Waals surface area contributed by atoms with E-state index in [0.29, 0.717) is 11.3 Å². The van der Waals surface area contributed by atoms with Crippen molar-refractivity contribution in [3.63, 3.8) is 0 Å². The van der Waals surface area contributed by atoms with Crippen molar-refractivity contribution in [3.05, 3.63) is 84.3 Å². The lowest BCUT2D eigenvalue weighted by Gasteiger charge is -2.00. The second-order valence-corrected chi connectivity index (χ2v) is 5.94. The molecule has 0 unspecified atom stereocenters. The van der Waals surface area contributed by atoms with Crippen LogP contribution in [0.3, 0.4) is 0 Å². The Hall–Kier alpha value is -3.73. The van der Waals surface area contributed by atoms with Gasteiger partial charge in [-0.25, -0.2) is 9.78 Å². The number of carbonyl (C=O) groups is 2. The van der Waals surface area contributed by atoms with Crippen molar-refractivity contribution in [2.75, 3.05) is 6.61 Å². The molecule has 27 heavy (non-hydrogen) atoms.